The standard InChI is InChI=1S/C27H18BrIN2O3/c28-22-8-10-24-21(13-22)14-26(34-24)27(32)31-30-15-17-6-9-25(23(29)12-17)33-16-18-5-7-19-3-1-2-4-20(19)11-18/h1-15H,16H2,(H,31,32)/b30-15+. The Bertz CT molecular complexity index is 1540. The molecule has 0 aliphatic rings. The zero-order chi connectivity index (χ0) is 23.5. The van der Waals surface area contributed by atoms with Gasteiger partial charge in [0.05, 0.1) is 9.78 Å². The van der Waals surface area contributed by atoms with Crippen LogP contribution in [0.5, 0.6) is 5.75 Å². The topological polar surface area (TPSA) is 63.8 Å². The van der Waals surface area contributed by atoms with E-state index in [0.29, 0.717) is 12.2 Å². The smallest absolute Gasteiger partial charge is 0.307 e. The first-order chi connectivity index (χ1) is 16.5. The van der Waals surface area contributed by atoms with Crippen molar-refractivity contribution >= 4 is 72.4 Å². The number of nitrogens with one attached hydrogen (secondary N) is 1. The number of ether oxygens (including phenoxy) is 1. The van der Waals surface area contributed by atoms with Crippen molar-refractivity contribution in [3.63, 3.8) is 0 Å². The van der Waals surface area contributed by atoms with Crippen molar-refractivity contribution in [2.75, 3.05) is 0 Å². The maximum atomic E-state index is 12.4. The molecule has 34 heavy (non-hydrogen) atoms. The van der Waals surface area contributed by atoms with E-state index >= 15 is 0 Å². The van der Waals surface area contributed by atoms with Gasteiger partial charge in [-0.1, -0.05) is 52.3 Å². The molecule has 168 valence electrons. The number of furan rings is 1. The molecular weight excluding hydrogens is 607 g/mol. The molecule has 0 atom stereocenters. The van der Waals surface area contributed by atoms with E-state index in [4.69, 9.17) is 9.15 Å². The van der Waals surface area contributed by atoms with Gasteiger partial charge in [-0.2, -0.15) is 5.10 Å². The Morgan fingerprint density at radius 2 is 1.82 bits per heavy atom. The van der Waals surface area contributed by atoms with E-state index in [9.17, 15) is 4.79 Å². The summed E-state index contributed by atoms with van der Waals surface area (Å²) in [7, 11) is 0. The van der Waals surface area contributed by atoms with Gasteiger partial charge >= 0.3 is 5.91 Å². The van der Waals surface area contributed by atoms with E-state index in [-0.39, 0.29) is 5.76 Å². The normalized spacial score (nSPS) is 11.4. The lowest BCUT2D eigenvalue weighted by molar-refractivity contribution is 0.0929. The van der Waals surface area contributed by atoms with E-state index in [1.807, 2.05) is 48.5 Å². The maximum absolute atomic E-state index is 12.4. The first-order valence-electron chi connectivity index (χ1n) is 10.5. The number of fused-ring (bicyclic) bond motifs is 2. The lowest BCUT2D eigenvalue weighted by atomic mass is 10.1. The predicted octanol–water partition coefficient (Wildman–Crippen LogP) is 7.30. The van der Waals surface area contributed by atoms with Crippen molar-refractivity contribution in [3.05, 3.63) is 110 Å². The summed E-state index contributed by atoms with van der Waals surface area (Å²) in [5.74, 6) is 0.592. The fraction of sp³-hybridized carbons (Fsp3) is 0.0370. The molecule has 4 aromatic carbocycles. The molecule has 5 rings (SSSR count). The number of hydrogen-bond acceptors (Lipinski definition) is 4. The minimum atomic E-state index is -0.409. The van der Waals surface area contributed by atoms with Gasteiger partial charge in [-0.3, -0.25) is 4.79 Å². The van der Waals surface area contributed by atoms with Gasteiger partial charge in [0, 0.05) is 9.86 Å². The largest absolute Gasteiger partial charge is 0.488 e. The number of hydrogen-bond donors (Lipinski definition) is 1. The Kier molecular flexibility index (Phi) is 6.64. The number of amides is 1. The Morgan fingerprint density at radius 3 is 2.68 bits per heavy atom. The fourth-order valence-corrected chi connectivity index (χ4v) is 4.62. The van der Waals surface area contributed by atoms with Crippen LogP contribution in [0.25, 0.3) is 21.7 Å². The molecule has 1 aromatic heterocycles. The van der Waals surface area contributed by atoms with Crippen LogP contribution in [0.1, 0.15) is 21.7 Å². The van der Waals surface area contributed by atoms with E-state index in [0.717, 1.165) is 30.3 Å². The quantitative estimate of drug-likeness (QED) is 0.123. The van der Waals surface area contributed by atoms with Gasteiger partial charge in [0.2, 0.25) is 0 Å². The molecule has 0 bridgehead atoms. The monoisotopic (exact) mass is 624 g/mol. The highest BCUT2D eigenvalue weighted by Crippen LogP contribution is 2.25. The van der Waals surface area contributed by atoms with Crippen LogP contribution in [-0.4, -0.2) is 12.1 Å². The van der Waals surface area contributed by atoms with Gasteiger partial charge in [-0.05, 0) is 93.0 Å². The van der Waals surface area contributed by atoms with E-state index in [1.165, 1.54) is 10.8 Å². The van der Waals surface area contributed by atoms with Crippen LogP contribution in [0.2, 0.25) is 0 Å². The average Bonchev–Trinajstić information content (AvgIpc) is 3.27. The summed E-state index contributed by atoms with van der Waals surface area (Å²) in [5, 5.41) is 7.32. The van der Waals surface area contributed by atoms with Gasteiger partial charge < -0.3 is 9.15 Å². The molecule has 5 nitrogen and oxygen atoms in total. The Labute approximate surface area is 218 Å². The lowest BCUT2D eigenvalue weighted by Crippen LogP contribution is -2.16. The molecule has 1 amide bonds. The molecule has 5 aromatic rings. The average molecular weight is 625 g/mol. The molecular formula is C27H18BrIN2O3. The van der Waals surface area contributed by atoms with Crippen LogP contribution >= 0.6 is 38.5 Å². The van der Waals surface area contributed by atoms with Crippen LogP contribution in [-0.2, 0) is 6.61 Å². The summed E-state index contributed by atoms with van der Waals surface area (Å²) in [5.41, 5.74) is 5.11. The Balaban J connectivity index is 1.20. The molecule has 0 aliphatic carbocycles. The van der Waals surface area contributed by atoms with Crippen LogP contribution in [0, 0.1) is 3.57 Å². The summed E-state index contributed by atoms with van der Waals surface area (Å²) < 4.78 is 13.5. The lowest BCUT2D eigenvalue weighted by Gasteiger charge is -2.10. The molecule has 0 saturated carbocycles. The van der Waals surface area contributed by atoms with Crippen molar-refractivity contribution in [1.29, 1.82) is 0 Å². The number of halogens is 2. The zero-order valence-corrected chi connectivity index (χ0v) is 21.5. The summed E-state index contributed by atoms with van der Waals surface area (Å²) in [6.45, 7) is 0.485. The van der Waals surface area contributed by atoms with Crippen molar-refractivity contribution in [3.8, 4) is 5.75 Å². The summed E-state index contributed by atoms with van der Waals surface area (Å²) in [6, 6.07) is 27.6. The first-order valence-corrected chi connectivity index (χ1v) is 12.3. The Morgan fingerprint density at radius 1 is 0.971 bits per heavy atom. The van der Waals surface area contributed by atoms with Gasteiger partial charge in [0.1, 0.15) is 17.9 Å². The summed E-state index contributed by atoms with van der Waals surface area (Å²) in [4.78, 5) is 12.4. The minimum Gasteiger partial charge on any atom is -0.488 e. The Hall–Kier alpha value is -3.17. The third kappa shape index (κ3) is 5.15. The zero-order valence-electron chi connectivity index (χ0n) is 17.8. The number of benzene rings is 4. The predicted molar refractivity (Wildman–Crippen MR) is 146 cm³/mol. The van der Waals surface area contributed by atoms with E-state index < -0.39 is 5.91 Å². The van der Waals surface area contributed by atoms with Gasteiger partial charge in [-0.15, -0.1) is 0 Å². The molecule has 0 fully saturated rings. The van der Waals surface area contributed by atoms with Crippen molar-refractivity contribution in [1.82, 2.24) is 5.43 Å². The van der Waals surface area contributed by atoms with E-state index in [2.05, 4.69) is 79.4 Å². The second-order valence-corrected chi connectivity index (χ2v) is 9.73. The highest BCUT2D eigenvalue weighted by Gasteiger charge is 2.12. The molecule has 0 unspecified atom stereocenters. The van der Waals surface area contributed by atoms with Crippen molar-refractivity contribution < 1.29 is 13.9 Å². The summed E-state index contributed by atoms with van der Waals surface area (Å²) >= 11 is 5.65. The number of rotatable bonds is 6. The van der Waals surface area contributed by atoms with Crippen LogP contribution in [0.3, 0.4) is 0 Å². The molecule has 1 N–H and O–H groups in total. The third-order valence-corrected chi connectivity index (χ3v) is 6.58. The maximum Gasteiger partial charge on any atom is 0.307 e. The van der Waals surface area contributed by atoms with Gasteiger partial charge in [-0.25, -0.2) is 5.43 Å². The molecule has 1 heterocycles. The minimum absolute atomic E-state index is 0.206. The van der Waals surface area contributed by atoms with Crippen LogP contribution in [0.15, 0.2) is 98.9 Å². The molecule has 0 spiro atoms. The number of hydrazone groups is 1. The highest BCUT2D eigenvalue weighted by molar-refractivity contribution is 14.1. The first kappa shape index (κ1) is 22.6. The van der Waals surface area contributed by atoms with Crippen molar-refractivity contribution in [2.45, 2.75) is 6.61 Å². The number of nitrogens with zero attached hydrogens (tertiary/aromatic N) is 1. The molecule has 0 saturated heterocycles. The second kappa shape index (κ2) is 9.99. The molecule has 0 radical (unpaired) electrons. The van der Waals surface area contributed by atoms with Crippen molar-refractivity contribution in [2.24, 2.45) is 5.10 Å². The van der Waals surface area contributed by atoms with E-state index in [1.54, 1.807) is 12.3 Å². The second-order valence-electron chi connectivity index (χ2n) is 7.65. The van der Waals surface area contributed by atoms with Gasteiger partial charge in [0.25, 0.3) is 0 Å². The summed E-state index contributed by atoms with van der Waals surface area (Å²) in [6.07, 6.45) is 1.59. The molecule has 0 aliphatic heterocycles. The highest BCUT2D eigenvalue weighted by atomic mass is 127. The van der Waals surface area contributed by atoms with Crippen LogP contribution < -0.4 is 10.2 Å². The number of carbonyl (C=O) groups is 1. The van der Waals surface area contributed by atoms with Crippen LogP contribution in [0.4, 0.5) is 0 Å². The fourth-order valence-electron chi connectivity index (χ4n) is 3.55. The number of carbonyl (C=O) groups excluding carboxylic acids is 1. The van der Waals surface area contributed by atoms with Gasteiger partial charge in [0.15, 0.2) is 5.76 Å². The SMILES string of the molecule is O=C(N/N=C/c1ccc(OCc2ccc3ccccc3c2)c(I)c1)c1cc2cc(Br)ccc2o1. The molecule has 7 heteroatoms. The third-order valence-electron chi connectivity index (χ3n) is 5.25.